The predicted molar refractivity (Wildman–Crippen MR) is 98.1 cm³/mol. The number of benzene rings is 1. The number of hydrogen-bond acceptors (Lipinski definition) is 4. The van der Waals surface area contributed by atoms with Gasteiger partial charge >= 0.3 is 0 Å². The molecule has 1 aromatic carbocycles. The fraction of sp³-hybridized carbons (Fsp3) is 0.650. The summed E-state index contributed by atoms with van der Waals surface area (Å²) < 4.78 is 11.7. The van der Waals surface area contributed by atoms with E-state index < -0.39 is 0 Å². The minimum Gasteiger partial charge on any atom is -0.486 e. The molecule has 25 heavy (non-hydrogen) atoms. The maximum atomic E-state index is 12.5. The minimum absolute atomic E-state index is 0.0450. The fourth-order valence-electron chi connectivity index (χ4n) is 3.78. The van der Waals surface area contributed by atoms with E-state index in [1.54, 1.807) is 0 Å². The summed E-state index contributed by atoms with van der Waals surface area (Å²) in [5, 5.41) is 0. The molecular weight excluding hydrogens is 316 g/mol. The van der Waals surface area contributed by atoms with Crippen molar-refractivity contribution < 1.29 is 14.3 Å². The van der Waals surface area contributed by atoms with Crippen molar-refractivity contribution in [2.75, 3.05) is 40.3 Å². The fourth-order valence-corrected chi connectivity index (χ4v) is 3.78. The molecule has 1 heterocycles. The number of para-hydroxylation sites is 2. The van der Waals surface area contributed by atoms with Crippen molar-refractivity contribution in [1.82, 2.24) is 9.80 Å². The molecule has 0 bridgehead atoms. The van der Waals surface area contributed by atoms with Crippen molar-refractivity contribution >= 4 is 5.91 Å². The summed E-state index contributed by atoms with van der Waals surface area (Å²) in [5.41, 5.74) is 0. The van der Waals surface area contributed by atoms with E-state index in [2.05, 4.69) is 0 Å². The van der Waals surface area contributed by atoms with Crippen molar-refractivity contribution in [1.29, 1.82) is 0 Å². The van der Waals surface area contributed by atoms with Gasteiger partial charge in [-0.2, -0.15) is 0 Å². The van der Waals surface area contributed by atoms with E-state index in [1.807, 2.05) is 48.2 Å². The Hall–Kier alpha value is -1.75. The van der Waals surface area contributed by atoms with Gasteiger partial charge in [-0.05, 0) is 37.9 Å². The molecule has 0 aromatic heterocycles. The Labute approximate surface area is 150 Å². The highest BCUT2D eigenvalue weighted by atomic mass is 16.6. The molecule has 2 aliphatic rings. The van der Waals surface area contributed by atoms with Crippen molar-refractivity contribution in [3.8, 4) is 11.5 Å². The summed E-state index contributed by atoms with van der Waals surface area (Å²) in [6, 6.07) is 7.72. The van der Waals surface area contributed by atoms with Crippen LogP contribution in [-0.4, -0.2) is 62.1 Å². The van der Waals surface area contributed by atoms with E-state index in [0.717, 1.165) is 18.0 Å². The summed E-state index contributed by atoms with van der Waals surface area (Å²) in [6.07, 6.45) is 6.46. The maximum absolute atomic E-state index is 12.5. The minimum atomic E-state index is -0.0450. The lowest BCUT2D eigenvalue weighted by Crippen LogP contribution is -2.44. The van der Waals surface area contributed by atoms with Gasteiger partial charge in [0.2, 0.25) is 5.91 Å². The molecule has 5 heteroatoms. The summed E-state index contributed by atoms with van der Waals surface area (Å²) in [4.78, 5) is 16.4. The van der Waals surface area contributed by atoms with Gasteiger partial charge in [-0.15, -0.1) is 0 Å². The molecule has 0 radical (unpaired) electrons. The number of ether oxygens (including phenoxy) is 2. The molecule has 3 rings (SSSR count). The molecule has 138 valence electrons. The van der Waals surface area contributed by atoms with Crippen molar-refractivity contribution in [3.63, 3.8) is 0 Å². The van der Waals surface area contributed by atoms with Crippen LogP contribution in [0.25, 0.3) is 0 Å². The van der Waals surface area contributed by atoms with Gasteiger partial charge in [-0.25, -0.2) is 0 Å². The average Bonchev–Trinajstić information content (AvgIpc) is 2.62. The molecule has 1 unspecified atom stereocenters. The number of rotatable bonds is 6. The van der Waals surface area contributed by atoms with Crippen LogP contribution < -0.4 is 9.47 Å². The smallest absolute Gasteiger partial charge is 0.236 e. The van der Waals surface area contributed by atoms with E-state index in [0.29, 0.717) is 25.6 Å². The van der Waals surface area contributed by atoms with Crippen molar-refractivity contribution in [2.45, 2.75) is 38.2 Å². The Morgan fingerprint density at radius 2 is 1.80 bits per heavy atom. The highest BCUT2D eigenvalue weighted by Crippen LogP contribution is 2.31. The molecule has 1 aromatic rings. The molecular formula is C20H30N2O3. The highest BCUT2D eigenvalue weighted by molar-refractivity contribution is 5.77. The molecule has 0 saturated heterocycles. The quantitative estimate of drug-likeness (QED) is 0.794. The third-order valence-corrected chi connectivity index (χ3v) is 5.17. The Balaban J connectivity index is 1.42. The molecule has 1 fully saturated rings. The Bertz CT molecular complexity index is 572. The van der Waals surface area contributed by atoms with Crippen LogP contribution >= 0.6 is 0 Å². The zero-order chi connectivity index (χ0) is 17.6. The summed E-state index contributed by atoms with van der Waals surface area (Å²) in [7, 11) is 3.90. The van der Waals surface area contributed by atoms with Crippen LogP contribution in [0.5, 0.6) is 11.5 Å². The molecule has 1 aliphatic heterocycles. The standard InChI is InChI=1S/C20H30N2O3/c1-21(13-17-15-24-18-10-6-7-11-19(18)25-17)14-20(23)22(2)12-16-8-4-3-5-9-16/h6-7,10-11,16-17H,3-5,8-9,12-15H2,1-2H3. The van der Waals surface area contributed by atoms with Crippen LogP contribution in [0.15, 0.2) is 24.3 Å². The molecule has 0 N–H and O–H groups in total. The monoisotopic (exact) mass is 346 g/mol. The average molecular weight is 346 g/mol. The van der Waals surface area contributed by atoms with Gasteiger partial charge in [0.25, 0.3) is 0 Å². The molecule has 1 aliphatic carbocycles. The first kappa shape index (κ1) is 18.1. The van der Waals surface area contributed by atoms with E-state index in [1.165, 1.54) is 32.1 Å². The number of carbonyl (C=O) groups excluding carboxylic acids is 1. The lowest BCUT2D eigenvalue weighted by molar-refractivity contribution is -0.131. The van der Waals surface area contributed by atoms with Gasteiger partial charge in [0.15, 0.2) is 11.5 Å². The second kappa shape index (κ2) is 8.56. The van der Waals surface area contributed by atoms with Crippen LogP contribution in [-0.2, 0) is 4.79 Å². The predicted octanol–water partition coefficient (Wildman–Crippen LogP) is 2.80. The number of likely N-dealkylation sites (N-methyl/N-ethyl adjacent to an activating group) is 2. The zero-order valence-corrected chi connectivity index (χ0v) is 15.4. The van der Waals surface area contributed by atoms with Crippen LogP contribution in [0.4, 0.5) is 0 Å². The second-order valence-corrected chi connectivity index (χ2v) is 7.47. The number of amides is 1. The van der Waals surface area contributed by atoms with Crippen LogP contribution in [0.3, 0.4) is 0 Å². The van der Waals surface area contributed by atoms with Gasteiger partial charge < -0.3 is 14.4 Å². The van der Waals surface area contributed by atoms with Gasteiger partial charge in [0, 0.05) is 20.1 Å². The van der Waals surface area contributed by atoms with Gasteiger partial charge in [-0.3, -0.25) is 9.69 Å². The normalized spacial score (nSPS) is 20.5. The van der Waals surface area contributed by atoms with Crippen molar-refractivity contribution in [2.24, 2.45) is 5.92 Å². The largest absolute Gasteiger partial charge is 0.486 e. The third-order valence-electron chi connectivity index (χ3n) is 5.17. The Morgan fingerprint density at radius 1 is 1.08 bits per heavy atom. The Morgan fingerprint density at radius 3 is 2.56 bits per heavy atom. The summed E-state index contributed by atoms with van der Waals surface area (Å²) >= 11 is 0. The molecule has 1 atom stereocenters. The molecule has 1 amide bonds. The summed E-state index contributed by atoms with van der Waals surface area (Å²) in [6.45, 7) is 2.51. The first-order valence-electron chi connectivity index (χ1n) is 9.43. The van der Waals surface area contributed by atoms with E-state index in [-0.39, 0.29) is 12.0 Å². The maximum Gasteiger partial charge on any atom is 0.236 e. The van der Waals surface area contributed by atoms with Gasteiger partial charge in [0.1, 0.15) is 12.7 Å². The van der Waals surface area contributed by atoms with E-state index >= 15 is 0 Å². The molecule has 0 spiro atoms. The third kappa shape index (κ3) is 5.11. The molecule has 5 nitrogen and oxygen atoms in total. The number of nitrogens with zero attached hydrogens (tertiary/aromatic N) is 2. The lowest BCUT2D eigenvalue weighted by atomic mass is 9.89. The highest BCUT2D eigenvalue weighted by Gasteiger charge is 2.24. The van der Waals surface area contributed by atoms with Crippen LogP contribution in [0.1, 0.15) is 32.1 Å². The number of carbonyl (C=O) groups is 1. The lowest BCUT2D eigenvalue weighted by Gasteiger charge is -2.31. The first-order chi connectivity index (χ1) is 12.1. The zero-order valence-electron chi connectivity index (χ0n) is 15.4. The second-order valence-electron chi connectivity index (χ2n) is 7.47. The number of hydrogen-bond donors (Lipinski definition) is 0. The molecule has 1 saturated carbocycles. The van der Waals surface area contributed by atoms with Crippen LogP contribution in [0.2, 0.25) is 0 Å². The van der Waals surface area contributed by atoms with Gasteiger partial charge in [0.05, 0.1) is 6.54 Å². The number of fused-ring (bicyclic) bond motifs is 1. The van der Waals surface area contributed by atoms with Crippen LogP contribution in [0, 0.1) is 5.92 Å². The topological polar surface area (TPSA) is 42.0 Å². The van der Waals surface area contributed by atoms with Crippen molar-refractivity contribution in [3.05, 3.63) is 24.3 Å². The first-order valence-corrected chi connectivity index (χ1v) is 9.43. The van der Waals surface area contributed by atoms with Gasteiger partial charge in [-0.1, -0.05) is 31.4 Å². The SMILES string of the molecule is CN(CC(=O)N(C)CC1CCCCC1)CC1COc2ccccc2O1. The van der Waals surface area contributed by atoms with E-state index in [4.69, 9.17) is 9.47 Å². The Kier molecular flexibility index (Phi) is 6.19. The van der Waals surface area contributed by atoms with E-state index in [9.17, 15) is 4.79 Å². The summed E-state index contributed by atoms with van der Waals surface area (Å²) in [5.74, 6) is 2.45.